The molecule has 1 aromatic heterocycles. The number of carbonyl (C=O) groups excluding carboxylic acids is 1. The number of nitrogens with zero attached hydrogens (tertiary/aromatic N) is 2. The zero-order chi connectivity index (χ0) is 28.1. The van der Waals surface area contributed by atoms with E-state index in [1.165, 1.54) is 13.2 Å². The molecule has 1 aromatic carbocycles. The molecule has 212 valence electrons. The molecule has 0 aliphatic carbocycles. The van der Waals surface area contributed by atoms with Gasteiger partial charge in [-0.1, -0.05) is 11.6 Å². The summed E-state index contributed by atoms with van der Waals surface area (Å²) >= 11 is 6.29. The van der Waals surface area contributed by atoms with Gasteiger partial charge in [-0.05, 0) is 31.8 Å². The van der Waals surface area contributed by atoms with Crippen LogP contribution >= 0.6 is 11.6 Å². The van der Waals surface area contributed by atoms with Crippen LogP contribution in [0.1, 0.15) is 22.8 Å². The Bertz CT molecular complexity index is 1180. The van der Waals surface area contributed by atoms with Gasteiger partial charge in [-0.2, -0.15) is 4.98 Å². The summed E-state index contributed by atoms with van der Waals surface area (Å²) in [5, 5.41) is 15.4. The normalized spacial score (nSPS) is 22.8. The van der Waals surface area contributed by atoms with Crippen molar-refractivity contribution >= 4 is 35.7 Å². The molecular weight excluding hydrogens is 542 g/mol. The fraction of sp³-hybridized carbons (Fsp3) is 0.480. The van der Waals surface area contributed by atoms with Crippen molar-refractivity contribution in [3.63, 3.8) is 0 Å². The van der Waals surface area contributed by atoms with Crippen molar-refractivity contribution in [2.75, 3.05) is 39.0 Å². The number of anilines is 1. The smallest absolute Gasteiger partial charge is 0.251 e. The molecule has 4 rings (SSSR count). The molecule has 0 bridgehead atoms. The standard InChI is InChI=1S/C25H29ClF2N4O7/c1-12(7-35-3)31-24(34)13-4-16(27)14(17(28)5-13)8-38-25-15(26)6-18(23(29-2)32-25)30-11-39-20-10-37-21-19(33)9-36-22(20)21/h4-6,12,19-22,30,33H,2,7-11H2,1,3H3,(H,31,34)/t12?,19-,20-,21?,22-/m1/s1. The van der Waals surface area contributed by atoms with Gasteiger partial charge in [0.2, 0.25) is 5.88 Å². The van der Waals surface area contributed by atoms with Gasteiger partial charge in [0, 0.05) is 18.7 Å². The van der Waals surface area contributed by atoms with Crippen molar-refractivity contribution in [2.45, 2.75) is 44.0 Å². The predicted molar refractivity (Wildman–Crippen MR) is 137 cm³/mol. The van der Waals surface area contributed by atoms with Crippen molar-refractivity contribution in [2.24, 2.45) is 4.99 Å². The van der Waals surface area contributed by atoms with E-state index in [2.05, 4.69) is 27.3 Å². The van der Waals surface area contributed by atoms with Gasteiger partial charge < -0.3 is 39.4 Å². The van der Waals surface area contributed by atoms with E-state index < -0.39 is 41.9 Å². The topological polar surface area (TPSA) is 133 Å². The van der Waals surface area contributed by atoms with Gasteiger partial charge in [-0.25, -0.2) is 13.8 Å². The summed E-state index contributed by atoms with van der Waals surface area (Å²) in [6.07, 6.45) is -1.83. The van der Waals surface area contributed by atoms with Crippen LogP contribution in [0.4, 0.5) is 20.3 Å². The Morgan fingerprint density at radius 1 is 1.28 bits per heavy atom. The fourth-order valence-corrected chi connectivity index (χ4v) is 4.45. The first-order valence-electron chi connectivity index (χ1n) is 12.1. The van der Waals surface area contributed by atoms with Crippen molar-refractivity contribution < 1.29 is 42.4 Å². The average molecular weight is 571 g/mol. The Hall–Kier alpha value is -2.94. The zero-order valence-corrected chi connectivity index (χ0v) is 22.0. The van der Waals surface area contributed by atoms with Crippen LogP contribution in [-0.2, 0) is 25.6 Å². The van der Waals surface area contributed by atoms with E-state index in [0.29, 0.717) is 5.69 Å². The second kappa shape index (κ2) is 12.9. The largest absolute Gasteiger partial charge is 0.471 e. The number of halogens is 3. The third-order valence-electron chi connectivity index (χ3n) is 6.17. The molecule has 11 nitrogen and oxygen atoms in total. The van der Waals surface area contributed by atoms with Crippen molar-refractivity contribution in [1.29, 1.82) is 0 Å². The molecule has 39 heavy (non-hydrogen) atoms. The highest BCUT2D eigenvalue weighted by atomic mass is 35.5. The molecule has 0 radical (unpaired) electrons. The number of nitrogens with one attached hydrogen (secondary N) is 2. The Morgan fingerprint density at radius 2 is 2.00 bits per heavy atom. The molecule has 2 aliphatic heterocycles. The maximum Gasteiger partial charge on any atom is 0.251 e. The maximum absolute atomic E-state index is 14.7. The van der Waals surface area contributed by atoms with E-state index in [1.807, 2.05) is 0 Å². The average Bonchev–Trinajstić information content (AvgIpc) is 3.47. The molecule has 2 aliphatic rings. The number of aromatic nitrogens is 1. The lowest BCUT2D eigenvalue weighted by Gasteiger charge is -2.18. The molecule has 2 saturated heterocycles. The second-order valence-corrected chi connectivity index (χ2v) is 9.44. The minimum Gasteiger partial charge on any atom is -0.471 e. The van der Waals surface area contributed by atoms with E-state index in [4.69, 9.17) is 35.3 Å². The highest BCUT2D eigenvalue weighted by molar-refractivity contribution is 6.32. The molecule has 2 unspecified atom stereocenters. The number of aliphatic hydroxyl groups excluding tert-OH is 1. The number of hydrogen-bond donors (Lipinski definition) is 3. The van der Waals surface area contributed by atoms with Crippen molar-refractivity contribution in [3.05, 3.63) is 46.0 Å². The molecule has 0 spiro atoms. The summed E-state index contributed by atoms with van der Waals surface area (Å²) < 4.78 is 56.6. The second-order valence-electron chi connectivity index (χ2n) is 9.03. The summed E-state index contributed by atoms with van der Waals surface area (Å²) in [5.41, 5.74) is -0.214. The number of methoxy groups -OCH3 is 1. The Labute approximate surface area is 228 Å². The van der Waals surface area contributed by atoms with Crippen LogP contribution in [0.5, 0.6) is 5.88 Å². The van der Waals surface area contributed by atoms with Crippen LogP contribution < -0.4 is 15.4 Å². The summed E-state index contributed by atoms with van der Waals surface area (Å²) in [5.74, 6) is -2.59. The Kier molecular flexibility index (Phi) is 9.64. The van der Waals surface area contributed by atoms with Crippen molar-refractivity contribution in [3.8, 4) is 5.88 Å². The quantitative estimate of drug-likeness (QED) is 0.260. The minimum atomic E-state index is -0.968. The number of hydrogen-bond acceptors (Lipinski definition) is 10. The van der Waals surface area contributed by atoms with Crippen LogP contribution in [0, 0.1) is 11.6 Å². The van der Waals surface area contributed by atoms with E-state index in [-0.39, 0.29) is 67.1 Å². The van der Waals surface area contributed by atoms with Gasteiger partial charge in [-0.15, -0.1) is 0 Å². The van der Waals surface area contributed by atoms with Crippen LogP contribution in [0.15, 0.2) is 23.2 Å². The van der Waals surface area contributed by atoms with Gasteiger partial charge in [0.05, 0.1) is 31.1 Å². The summed E-state index contributed by atoms with van der Waals surface area (Å²) in [6, 6.07) is 2.96. The SMILES string of the molecule is C=Nc1nc(OCc2c(F)cc(C(=O)NC(C)COC)cc2F)c(Cl)cc1NCO[C@@H]1COC2[C@H](O)CO[C@@H]21. The van der Waals surface area contributed by atoms with Crippen LogP contribution in [0.25, 0.3) is 0 Å². The third kappa shape index (κ3) is 6.80. The lowest BCUT2D eigenvalue weighted by Crippen LogP contribution is -2.35. The number of aliphatic hydroxyl groups is 1. The van der Waals surface area contributed by atoms with Gasteiger partial charge in [-0.3, -0.25) is 4.79 Å². The van der Waals surface area contributed by atoms with Gasteiger partial charge in [0.15, 0.2) is 5.82 Å². The third-order valence-corrected chi connectivity index (χ3v) is 6.44. The minimum absolute atomic E-state index is 0.0258. The molecule has 2 aromatic rings. The number of benzene rings is 1. The van der Waals surface area contributed by atoms with E-state index in [9.17, 15) is 18.7 Å². The fourth-order valence-electron chi connectivity index (χ4n) is 4.24. The van der Waals surface area contributed by atoms with Crippen LogP contribution in [0.2, 0.25) is 5.02 Å². The molecule has 3 heterocycles. The lowest BCUT2D eigenvalue weighted by atomic mass is 10.1. The summed E-state index contributed by atoms with van der Waals surface area (Å²) in [4.78, 5) is 20.3. The summed E-state index contributed by atoms with van der Waals surface area (Å²) in [7, 11) is 1.48. The van der Waals surface area contributed by atoms with Gasteiger partial charge in [0.1, 0.15) is 54.4 Å². The van der Waals surface area contributed by atoms with Gasteiger partial charge in [0.25, 0.3) is 5.91 Å². The van der Waals surface area contributed by atoms with Crippen LogP contribution in [0.3, 0.4) is 0 Å². The number of ether oxygens (including phenoxy) is 5. The Morgan fingerprint density at radius 3 is 2.69 bits per heavy atom. The number of carbonyl (C=O) groups is 1. The molecule has 1 amide bonds. The summed E-state index contributed by atoms with van der Waals surface area (Å²) in [6.45, 7) is 5.37. The molecular formula is C25H29ClF2N4O7. The monoisotopic (exact) mass is 570 g/mol. The first-order chi connectivity index (χ1) is 18.7. The maximum atomic E-state index is 14.7. The molecule has 0 saturated carbocycles. The highest BCUT2D eigenvalue weighted by Crippen LogP contribution is 2.34. The zero-order valence-electron chi connectivity index (χ0n) is 21.3. The first-order valence-corrected chi connectivity index (χ1v) is 12.4. The molecule has 14 heteroatoms. The molecule has 5 atom stereocenters. The lowest BCUT2D eigenvalue weighted by molar-refractivity contribution is -0.0311. The highest BCUT2D eigenvalue weighted by Gasteiger charge is 2.47. The molecule has 3 N–H and O–H groups in total. The van der Waals surface area contributed by atoms with E-state index >= 15 is 0 Å². The first kappa shape index (κ1) is 29.1. The van der Waals surface area contributed by atoms with Crippen molar-refractivity contribution in [1.82, 2.24) is 10.3 Å². The van der Waals surface area contributed by atoms with E-state index in [1.54, 1.807) is 6.92 Å². The van der Waals surface area contributed by atoms with E-state index in [0.717, 1.165) is 12.1 Å². The number of aliphatic imine (C=N–C) groups is 1. The van der Waals surface area contributed by atoms with Gasteiger partial charge >= 0.3 is 0 Å². The predicted octanol–water partition coefficient (Wildman–Crippen LogP) is 2.60. The number of pyridine rings is 1. The molecule has 2 fully saturated rings. The van der Waals surface area contributed by atoms with Crippen LogP contribution in [-0.4, -0.2) is 86.8 Å². The number of fused-ring (bicyclic) bond motifs is 1. The number of rotatable bonds is 12. The Balaban J connectivity index is 1.37. The number of amides is 1.